The Kier molecular flexibility index (Phi) is 7.62. The van der Waals surface area contributed by atoms with E-state index in [1.165, 1.54) is 35.3 Å². The Morgan fingerprint density at radius 3 is 2.50 bits per heavy atom. The van der Waals surface area contributed by atoms with Crippen LogP contribution in [0.3, 0.4) is 0 Å². The third-order valence-corrected chi connectivity index (χ3v) is 6.68. The molecular weight excluding hydrogens is 579 g/mol. The van der Waals surface area contributed by atoms with Crippen molar-refractivity contribution in [3.63, 3.8) is 0 Å². The number of hydrogen-bond donors (Lipinski definition) is 1. The van der Waals surface area contributed by atoms with Crippen molar-refractivity contribution in [1.82, 2.24) is 14.8 Å². The molecule has 0 saturated carbocycles. The number of aryl methyl sites for hydroxylation is 1. The normalized spacial score (nSPS) is 14.3. The van der Waals surface area contributed by atoms with Crippen LogP contribution in [0.1, 0.15) is 5.56 Å². The van der Waals surface area contributed by atoms with Crippen LogP contribution >= 0.6 is 11.8 Å². The summed E-state index contributed by atoms with van der Waals surface area (Å²) < 4.78 is 42.4. The number of nitro benzene ring substituents is 1. The van der Waals surface area contributed by atoms with Crippen LogP contribution in [0.15, 0.2) is 78.0 Å². The highest BCUT2D eigenvalue weighted by Gasteiger charge is 2.35. The number of anilines is 2. The number of rotatable bonds is 6. The number of thioether (sulfide) groups is 1. The van der Waals surface area contributed by atoms with Crippen molar-refractivity contribution in [3.8, 4) is 22.8 Å². The molecule has 1 aliphatic rings. The molecule has 1 N–H and O–H groups in total. The highest BCUT2D eigenvalue weighted by molar-refractivity contribution is 8.15. The van der Waals surface area contributed by atoms with Crippen molar-refractivity contribution in [2.24, 2.45) is 4.99 Å². The van der Waals surface area contributed by atoms with E-state index in [9.17, 15) is 32.9 Å². The maximum atomic E-state index is 12.7. The molecule has 0 unspecified atom stereocenters. The van der Waals surface area contributed by atoms with Crippen LogP contribution in [0.4, 0.5) is 35.0 Å². The Bertz CT molecular complexity index is 1710. The van der Waals surface area contributed by atoms with Gasteiger partial charge in [-0.3, -0.25) is 19.8 Å². The highest BCUT2D eigenvalue weighted by Crippen LogP contribution is 2.35. The molecule has 0 bridgehead atoms. The van der Waals surface area contributed by atoms with Crippen molar-refractivity contribution in [3.05, 3.63) is 88.7 Å². The molecule has 42 heavy (non-hydrogen) atoms. The van der Waals surface area contributed by atoms with E-state index in [0.717, 1.165) is 28.8 Å². The minimum Gasteiger partial charge on any atom is -0.406 e. The molecule has 1 aliphatic heterocycles. The summed E-state index contributed by atoms with van der Waals surface area (Å²) in [7, 11) is 0. The zero-order valence-corrected chi connectivity index (χ0v) is 22.2. The van der Waals surface area contributed by atoms with Crippen molar-refractivity contribution in [1.29, 1.82) is 0 Å². The topological polar surface area (TPSA) is 145 Å². The number of hydrogen-bond acceptors (Lipinski definition) is 8. The van der Waals surface area contributed by atoms with E-state index in [1.807, 2.05) is 0 Å². The fourth-order valence-electron chi connectivity index (χ4n) is 3.91. The Morgan fingerprint density at radius 2 is 1.83 bits per heavy atom. The smallest absolute Gasteiger partial charge is 0.406 e. The average Bonchev–Trinajstić information content (AvgIpc) is 3.55. The standard InChI is InChI=1S/C26H18F3N7O5S/c1-15-2-11-20(36(39)40)21(12-15)35-22(37)13-42-25(35)32-24(38)31-17-5-3-16(4-6-17)23-30-14-34(33-23)18-7-9-19(10-8-18)41-26(27,28)29/h2-12,14H,13H2,1H3,(H,31,38)/b32-25-. The van der Waals surface area contributed by atoms with Gasteiger partial charge in [0.15, 0.2) is 11.0 Å². The Morgan fingerprint density at radius 1 is 1.12 bits per heavy atom. The quantitative estimate of drug-likeness (QED) is 0.220. The van der Waals surface area contributed by atoms with Gasteiger partial charge in [0.25, 0.3) is 5.69 Å². The van der Waals surface area contributed by atoms with Crippen LogP contribution in [0.5, 0.6) is 5.75 Å². The molecule has 12 nitrogen and oxygen atoms in total. The van der Waals surface area contributed by atoms with E-state index >= 15 is 0 Å². The molecule has 0 spiro atoms. The summed E-state index contributed by atoms with van der Waals surface area (Å²) in [5.74, 6) is -0.518. The number of carbonyl (C=O) groups is 2. The van der Waals surface area contributed by atoms with Crippen LogP contribution in [-0.2, 0) is 4.79 Å². The van der Waals surface area contributed by atoms with Crippen molar-refractivity contribution < 1.29 is 32.4 Å². The van der Waals surface area contributed by atoms with Gasteiger partial charge >= 0.3 is 12.4 Å². The lowest BCUT2D eigenvalue weighted by Gasteiger charge is -2.16. The molecule has 2 heterocycles. The summed E-state index contributed by atoms with van der Waals surface area (Å²) in [6.07, 6.45) is -3.40. The molecule has 0 aliphatic carbocycles. The van der Waals surface area contributed by atoms with E-state index in [-0.39, 0.29) is 28.0 Å². The summed E-state index contributed by atoms with van der Waals surface area (Å²) in [5, 5.41) is 18.4. The van der Waals surface area contributed by atoms with Gasteiger partial charge in [0, 0.05) is 17.3 Å². The van der Waals surface area contributed by atoms with E-state index < -0.39 is 23.2 Å². The zero-order valence-electron chi connectivity index (χ0n) is 21.4. The average molecular weight is 598 g/mol. The number of benzene rings is 3. The van der Waals surface area contributed by atoms with Gasteiger partial charge in [-0.05, 0) is 67.1 Å². The number of nitro groups is 1. The van der Waals surface area contributed by atoms with Gasteiger partial charge in [-0.1, -0.05) is 17.8 Å². The van der Waals surface area contributed by atoms with Crippen LogP contribution < -0.4 is 15.0 Å². The van der Waals surface area contributed by atoms with Crippen molar-refractivity contribution in [2.45, 2.75) is 13.3 Å². The number of halogens is 3. The first-order valence-corrected chi connectivity index (χ1v) is 12.9. The van der Waals surface area contributed by atoms with Gasteiger partial charge in [0.2, 0.25) is 5.91 Å². The van der Waals surface area contributed by atoms with Gasteiger partial charge in [-0.15, -0.1) is 18.3 Å². The molecule has 1 saturated heterocycles. The first-order valence-electron chi connectivity index (χ1n) is 12.0. The lowest BCUT2D eigenvalue weighted by molar-refractivity contribution is -0.384. The number of aliphatic imine (C=N–C) groups is 1. The Balaban J connectivity index is 1.28. The lowest BCUT2D eigenvalue weighted by Crippen LogP contribution is -2.31. The summed E-state index contributed by atoms with van der Waals surface area (Å²) in [5.41, 5.74) is 1.85. The second kappa shape index (κ2) is 11.3. The predicted octanol–water partition coefficient (Wildman–Crippen LogP) is 5.72. The number of carbonyl (C=O) groups excluding carboxylic acids is 2. The minimum absolute atomic E-state index is 0.00978. The zero-order chi connectivity index (χ0) is 30.0. The van der Waals surface area contributed by atoms with E-state index in [2.05, 4.69) is 25.1 Å². The highest BCUT2D eigenvalue weighted by atomic mass is 32.2. The first kappa shape index (κ1) is 28.3. The molecule has 214 valence electrons. The second-order valence-corrected chi connectivity index (χ2v) is 9.67. The van der Waals surface area contributed by atoms with Crippen molar-refractivity contribution >= 4 is 45.9 Å². The first-order chi connectivity index (χ1) is 20.0. The number of amides is 3. The third kappa shape index (κ3) is 6.38. The largest absolute Gasteiger partial charge is 0.573 e. The Labute approximate surface area is 239 Å². The number of urea groups is 1. The van der Waals surface area contributed by atoms with E-state index in [0.29, 0.717) is 28.3 Å². The van der Waals surface area contributed by atoms with Crippen molar-refractivity contribution in [2.75, 3.05) is 16.0 Å². The summed E-state index contributed by atoms with van der Waals surface area (Å²) in [6.45, 7) is 1.72. The minimum atomic E-state index is -4.79. The molecule has 16 heteroatoms. The fraction of sp³-hybridized carbons (Fsp3) is 0.115. The summed E-state index contributed by atoms with van der Waals surface area (Å²) in [6, 6.07) is 15.1. The number of nitrogens with zero attached hydrogens (tertiary/aromatic N) is 6. The van der Waals surface area contributed by atoms with Gasteiger partial charge in [-0.25, -0.2) is 14.5 Å². The van der Waals surface area contributed by atoms with Crippen LogP contribution in [0, 0.1) is 17.0 Å². The molecular formula is C26H18F3N7O5S. The summed E-state index contributed by atoms with van der Waals surface area (Å²) >= 11 is 0.989. The third-order valence-electron chi connectivity index (χ3n) is 5.75. The number of nitrogens with one attached hydrogen (secondary N) is 1. The number of amidine groups is 1. The van der Waals surface area contributed by atoms with Crippen LogP contribution in [0.25, 0.3) is 17.1 Å². The molecule has 4 aromatic rings. The van der Waals surface area contributed by atoms with Gasteiger partial charge < -0.3 is 10.1 Å². The Hall–Kier alpha value is -5.25. The molecule has 5 rings (SSSR count). The van der Waals surface area contributed by atoms with Crippen LogP contribution in [-0.4, -0.2) is 48.9 Å². The maximum absolute atomic E-state index is 12.7. The lowest BCUT2D eigenvalue weighted by atomic mass is 10.2. The number of alkyl halides is 3. The second-order valence-electron chi connectivity index (χ2n) is 8.72. The number of ether oxygens (including phenoxy) is 1. The van der Waals surface area contributed by atoms with Crippen LogP contribution in [0.2, 0.25) is 0 Å². The molecule has 1 aromatic heterocycles. The maximum Gasteiger partial charge on any atom is 0.573 e. The monoisotopic (exact) mass is 597 g/mol. The molecule has 0 radical (unpaired) electrons. The number of aromatic nitrogens is 3. The fourth-order valence-corrected chi connectivity index (χ4v) is 4.77. The molecule has 3 aromatic carbocycles. The summed E-state index contributed by atoms with van der Waals surface area (Å²) in [4.78, 5) is 45.4. The van der Waals surface area contributed by atoms with E-state index in [4.69, 9.17) is 0 Å². The van der Waals surface area contributed by atoms with Gasteiger partial charge in [0.1, 0.15) is 17.8 Å². The molecule has 1 fully saturated rings. The van der Waals surface area contributed by atoms with Gasteiger partial charge in [-0.2, -0.15) is 4.99 Å². The SMILES string of the molecule is Cc1ccc([N+](=O)[O-])c(N2C(=O)CS/C2=N\C(=O)Nc2ccc(-c3ncn(-c4ccc(OC(F)(F)F)cc4)n3)cc2)c1. The van der Waals surface area contributed by atoms with E-state index in [1.54, 1.807) is 37.3 Å². The van der Waals surface area contributed by atoms with Gasteiger partial charge in [0.05, 0.1) is 16.4 Å². The molecule has 0 atom stereocenters. The molecule has 3 amide bonds. The predicted molar refractivity (Wildman–Crippen MR) is 148 cm³/mol.